The summed E-state index contributed by atoms with van der Waals surface area (Å²) in [7, 11) is 0. The molecule has 1 aliphatic heterocycles. The molecule has 2 N–H and O–H groups in total. The van der Waals surface area contributed by atoms with E-state index in [9.17, 15) is 14.0 Å². The molecule has 2 aromatic carbocycles. The van der Waals surface area contributed by atoms with Gasteiger partial charge in [-0.3, -0.25) is 9.59 Å². The van der Waals surface area contributed by atoms with Gasteiger partial charge in [-0.1, -0.05) is 49.7 Å². The fourth-order valence-electron chi connectivity index (χ4n) is 3.82. The van der Waals surface area contributed by atoms with E-state index in [4.69, 9.17) is 0 Å². The molecule has 0 saturated heterocycles. The number of carbonyl (C=O) groups is 2. The van der Waals surface area contributed by atoms with Crippen LogP contribution in [0.25, 0.3) is 6.08 Å². The number of thioether (sulfide) groups is 1. The molecule has 29 heavy (non-hydrogen) atoms. The van der Waals surface area contributed by atoms with Gasteiger partial charge in [-0.25, -0.2) is 4.39 Å². The first kappa shape index (κ1) is 19.7. The number of anilines is 1. The molecule has 0 bridgehead atoms. The van der Waals surface area contributed by atoms with Crippen LogP contribution in [0, 0.1) is 11.7 Å². The summed E-state index contributed by atoms with van der Waals surface area (Å²) in [5.74, 6) is -0.308. The number of amides is 2. The molecule has 2 atom stereocenters. The van der Waals surface area contributed by atoms with Crippen LogP contribution in [0.5, 0.6) is 0 Å². The normalized spacial score (nSPS) is 22.7. The van der Waals surface area contributed by atoms with Crippen LogP contribution in [0.4, 0.5) is 10.1 Å². The third kappa shape index (κ3) is 4.37. The largest absolute Gasteiger partial charge is 0.349 e. The average Bonchev–Trinajstić information content (AvgIpc) is 2.71. The van der Waals surface area contributed by atoms with Crippen LogP contribution in [0.15, 0.2) is 52.3 Å². The average molecular weight is 411 g/mol. The SMILES string of the molecule is C[C@@H]1CCCC[C@@H]1NC(=O)c1ccc2c(c1)NC(=O)/C(=C\c1ccccc1F)S2. The van der Waals surface area contributed by atoms with Crippen molar-refractivity contribution in [2.24, 2.45) is 5.92 Å². The van der Waals surface area contributed by atoms with Crippen molar-refractivity contribution in [1.29, 1.82) is 0 Å². The lowest BCUT2D eigenvalue weighted by Gasteiger charge is -2.29. The molecule has 2 aromatic rings. The van der Waals surface area contributed by atoms with Crippen LogP contribution in [-0.2, 0) is 4.79 Å². The van der Waals surface area contributed by atoms with Gasteiger partial charge in [-0.15, -0.1) is 0 Å². The maximum Gasteiger partial charge on any atom is 0.262 e. The molecule has 1 heterocycles. The van der Waals surface area contributed by atoms with Crippen LogP contribution < -0.4 is 10.6 Å². The molecular weight excluding hydrogens is 387 g/mol. The van der Waals surface area contributed by atoms with E-state index in [1.54, 1.807) is 36.4 Å². The Balaban J connectivity index is 1.52. The molecule has 0 unspecified atom stereocenters. The van der Waals surface area contributed by atoms with Crippen molar-refractivity contribution in [1.82, 2.24) is 5.32 Å². The number of rotatable bonds is 3. The van der Waals surface area contributed by atoms with Crippen LogP contribution in [0.2, 0.25) is 0 Å². The van der Waals surface area contributed by atoms with Crippen LogP contribution in [0.3, 0.4) is 0 Å². The van der Waals surface area contributed by atoms with E-state index in [1.807, 2.05) is 6.07 Å². The fraction of sp³-hybridized carbons (Fsp3) is 0.304. The van der Waals surface area contributed by atoms with Crippen molar-refractivity contribution >= 4 is 35.3 Å². The van der Waals surface area contributed by atoms with Gasteiger partial charge in [-0.05, 0) is 49.1 Å². The zero-order valence-electron chi connectivity index (χ0n) is 16.2. The lowest BCUT2D eigenvalue weighted by molar-refractivity contribution is -0.112. The summed E-state index contributed by atoms with van der Waals surface area (Å²) < 4.78 is 13.9. The predicted octanol–water partition coefficient (Wildman–Crippen LogP) is 5.22. The van der Waals surface area contributed by atoms with Gasteiger partial charge in [-0.2, -0.15) is 0 Å². The highest BCUT2D eigenvalue weighted by molar-refractivity contribution is 8.04. The van der Waals surface area contributed by atoms with Gasteiger partial charge >= 0.3 is 0 Å². The zero-order valence-corrected chi connectivity index (χ0v) is 17.0. The summed E-state index contributed by atoms with van der Waals surface area (Å²) in [6.07, 6.45) is 6.05. The first-order chi connectivity index (χ1) is 14.0. The molecule has 1 fully saturated rings. The summed E-state index contributed by atoms with van der Waals surface area (Å²) in [6, 6.07) is 11.8. The summed E-state index contributed by atoms with van der Waals surface area (Å²) in [6.45, 7) is 2.18. The molecule has 4 nitrogen and oxygen atoms in total. The van der Waals surface area contributed by atoms with Crippen LogP contribution in [-0.4, -0.2) is 17.9 Å². The van der Waals surface area contributed by atoms with E-state index >= 15 is 0 Å². The third-order valence-corrected chi connectivity index (χ3v) is 6.65. The molecule has 0 radical (unpaired) electrons. The van der Waals surface area contributed by atoms with Gasteiger partial charge in [0.25, 0.3) is 11.8 Å². The standard InChI is InChI=1S/C23H23FN2O2S/c1-14-6-2-5-9-18(14)25-22(27)16-10-11-20-19(12-16)26-23(28)21(29-20)13-15-7-3-4-8-17(15)24/h3-4,7-8,10-14,18H,2,5-6,9H2,1H3,(H,25,27)(H,26,28)/b21-13+/t14-,18+/m1/s1. The second kappa shape index (κ2) is 8.41. The fourth-order valence-corrected chi connectivity index (χ4v) is 4.74. The third-order valence-electron chi connectivity index (χ3n) is 5.55. The number of benzene rings is 2. The van der Waals surface area contributed by atoms with E-state index in [0.29, 0.717) is 27.6 Å². The Morgan fingerprint density at radius 2 is 2.00 bits per heavy atom. The van der Waals surface area contributed by atoms with Crippen LogP contribution in [0.1, 0.15) is 48.5 Å². The molecule has 2 aliphatic rings. The van der Waals surface area contributed by atoms with Crippen molar-refractivity contribution in [2.45, 2.75) is 43.5 Å². The minimum atomic E-state index is -0.372. The van der Waals surface area contributed by atoms with Gasteiger partial charge in [0, 0.05) is 22.1 Å². The predicted molar refractivity (Wildman–Crippen MR) is 114 cm³/mol. The van der Waals surface area contributed by atoms with Crippen molar-refractivity contribution in [2.75, 3.05) is 5.32 Å². The van der Waals surface area contributed by atoms with Gasteiger partial charge in [0.05, 0.1) is 10.6 Å². The number of nitrogens with one attached hydrogen (secondary N) is 2. The molecule has 150 valence electrons. The maximum absolute atomic E-state index is 13.9. The summed E-state index contributed by atoms with van der Waals surface area (Å²) in [5.41, 5.74) is 1.50. The van der Waals surface area contributed by atoms with Crippen molar-refractivity contribution in [3.05, 3.63) is 64.3 Å². The molecular formula is C23H23FN2O2S. The summed E-state index contributed by atoms with van der Waals surface area (Å²) in [4.78, 5) is 26.4. The Labute approximate surface area is 174 Å². The van der Waals surface area contributed by atoms with Gasteiger partial charge in [0.15, 0.2) is 0 Å². The Morgan fingerprint density at radius 3 is 2.79 bits per heavy atom. The lowest BCUT2D eigenvalue weighted by atomic mass is 9.86. The smallest absolute Gasteiger partial charge is 0.262 e. The number of halogens is 1. The van der Waals surface area contributed by atoms with E-state index in [-0.39, 0.29) is 23.7 Å². The first-order valence-corrected chi connectivity index (χ1v) is 10.7. The lowest BCUT2D eigenvalue weighted by Crippen LogP contribution is -2.41. The topological polar surface area (TPSA) is 58.2 Å². The zero-order chi connectivity index (χ0) is 20.4. The van der Waals surface area contributed by atoms with E-state index in [2.05, 4.69) is 17.6 Å². The van der Waals surface area contributed by atoms with E-state index < -0.39 is 0 Å². The van der Waals surface area contributed by atoms with Crippen molar-refractivity contribution in [3.8, 4) is 0 Å². The monoisotopic (exact) mass is 410 g/mol. The second-order valence-corrected chi connectivity index (χ2v) is 8.72. The molecule has 0 aromatic heterocycles. The number of carbonyl (C=O) groups excluding carboxylic acids is 2. The molecule has 1 aliphatic carbocycles. The second-order valence-electron chi connectivity index (χ2n) is 7.64. The van der Waals surface area contributed by atoms with Crippen molar-refractivity contribution in [3.63, 3.8) is 0 Å². The number of fused-ring (bicyclic) bond motifs is 1. The maximum atomic E-state index is 13.9. The first-order valence-electron chi connectivity index (χ1n) is 9.91. The number of hydrogen-bond donors (Lipinski definition) is 2. The Hall–Kier alpha value is -2.60. The molecule has 1 saturated carbocycles. The molecule has 2 amide bonds. The minimum absolute atomic E-state index is 0.113. The number of hydrogen-bond acceptors (Lipinski definition) is 3. The van der Waals surface area contributed by atoms with Gasteiger partial charge < -0.3 is 10.6 Å². The highest BCUT2D eigenvalue weighted by Crippen LogP contribution is 2.39. The molecule has 6 heteroatoms. The quantitative estimate of drug-likeness (QED) is 0.682. The Kier molecular flexibility index (Phi) is 5.72. The van der Waals surface area contributed by atoms with Gasteiger partial charge in [0.1, 0.15) is 5.82 Å². The van der Waals surface area contributed by atoms with Gasteiger partial charge in [0.2, 0.25) is 0 Å². The Bertz CT molecular complexity index is 989. The molecule has 0 spiro atoms. The van der Waals surface area contributed by atoms with E-state index in [0.717, 1.165) is 24.2 Å². The summed E-state index contributed by atoms with van der Waals surface area (Å²) >= 11 is 1.28. The summed E-state index contributed by atoms with van der Waals surface area (Å²) in [5, 5.41) is 5.97. The van der Waals surface area contributed by atoms with E-state index in [1.165, 1.54) is 24.2 Å². The Morgan fingerprint density at radius 1 is 1.21 bits per heavy atom. The highest BCUT2D eigenvalue weighted by atomic mass is 32.2. The van der Waals surface area contributed by atoms with Crippen LogP contribution >= 0.6 is 11.8 Å². The van der Waals surface area contributed by atoms with Crippen molar-refractivity contribution < 1.29 is 14.0 Å². The molecule has 4 rings (SSSR count). The minimum Gasteiger partial charge on any atom is -0.349 e. The highest BCUT2D eigenvalue weighted by Gasteiger charge is 2.25.